The topological polar surface area (TPSA) is 49.4 Å². The number of hydrogen-bond acceptors (Lipinski definition) is 4. The lowest BCUT2D eigenvalue weighted by Crippen LogP contribution is -2.31. The zero-order valence-corrected chi connectivity index (χ0v) is 13.9. The summed E-state index contributed by atoms with van der Waals surface area (Å²) in [4.78, 5) is 1.01. The molecule has 1 aromatic heterocycles. The molecule has 6 heteroatoms. The Hall–Kier alpha value is -0.870. The molecular formula is C14H22N2O2S2. The van der Waals surface area contributed by atoms with Crippen molar-refractivity contribution in [2.75, 3.05) is 13.1 Å². The average molecular weight is 314 g/mol. The molecule has 0 radical (unpaired) electrons. The van der Waals surface area contributed by atoms with Gasteiger partial charge >= 0.3 is 0 Å². The number of terminal acetylenes is 1. The normalized spacial score (nSPS) is 12.0. The van der Waals surface area contributed by atoms with Crippen LogP contribution in [0, 0.1) is 12.3 Å². The van der Waals surface area contributed by atoms with Gasteiger partial charge in [0, 0.05) is 24.0 Å². The number of hydrogen-bond donors (Lipinski definition) is 1. The molecule has 20 heavy (non-hydrogen) atoms. The van der Waals surface area contributed by atoms with E-state index in [0.29, 0.717) is 23.3 Å². The number of thiophene rings is 1. The summed E-state index contributed by atoms with van der Waals surface area (Å²) in [6, 6.07) is 3.89. The van der Waals surface area contributed by atoms with E-state index in [9.17, 15) is 8.42 Å². The van der Waals surface area contributed by atoms with Gasteiger partial charge in [-0.2, -0.15) is 4.31 Å². The molecule has 112 valence electrons. The highest BCUT2D eigenvalue weighted by atomic mass is 32.2. The molecule has 0 amide bonds. The van der Waals surface area contributed by atoms with Crippen molar-refractivity contribution in [1.29, 1.82) is 0 Å². The smallest absolute Gasteiger partial charge is 0.253 e. The summed E-state index contributed by atoms with van der Waals surface area (Å²) in [7, 11) is -3.46. The lowest BCUT2D eigenvalue weighted by Gasteiger charge is -2.17. The minimum atomic E-state index is -3.46. The summed E-state index contributed by atoms with van der Waals surface area (Å²) in [5, 5.41) is 3.28. The predicted octanol–water partition coefficient (Wildman–Crippen LogP) is 2.28. The van der Waals surface area contributed by atoms with Gasteiger partial charge in [0.15, 0.2) is 0 Å². The third-order valence-electron chi connectivity index (χ3n) is 2.66. The molecule has 0 aliphatic rings. The van der Waals surface area contributed by atoms with Crippen LogP contribution in [0.2, 0.25) is 0 Å². The van der Waals surface area contributed by atoms with Crippen LogP contribution in [0.1, 0.15) is 32.1 Å². The van der Waals surface area contributed by atoms with E-state index >= 15 is 0 Å². The van der Waals surface area contributed by atoms with E-state index in [1.54, 1.807) is 6.07 Å². The Bertz CT molecular complexity index is 556. The van der Waals surface area contributed by atoms with E-state index in [4.69, 9.17) is 6.42 Å². The van der Waals surface area contributed by atoms with Crippen molar-refractivity contribution in [1.82, 2.24) is 9.62 Å². The first kappa shape index (κ1) is 17.2. The van der Waals surface area contributed by atoms with Gasteiger partial charge in [-0.25, -0.2) is 8.42 Å². The van der Waals surface area contributed by atoms with Crippen molar-refractivity contribution in [3.8, 4) is 12.3 Å². The SMILES string of the molecule is C#CCN(CCC)S(=O)(=O)c1ccc(CNC(C)C)s1. The Balaban J connectivity index is 2.89. The summed E-state index contributed by atoms with van der Waals surface area (Å²) in [6.45, 7) is 7.30. The molecule has 0 atom stereocenters. The van der Waals surface area contributed by atoms with Gasteiger partial charge in [-0.05, 0) is 18.6 Å². The molecule has 4 nitrogen and oxygen atoms in total. The summed E-state index contributed by atoms with van der Waals surface area (Å²) in [6.07, 6.45) is 6.00. The minimum Gasteiger partial charge on any atom is -0.310 e. The second-order valence-electron chi connectivity index (χ2n) is 4.80. The molecule has 0 aliphatic heterocycles. The number of nitrogens with zero attached hydrogens (tertiary/aromatic N) is 1. The van der Waals surface area contributed by atoms with Crippen LogP contribution in [0.3, 0.4) is 0 Å². The number of sulfonamides is 1. The predicted molar refractivity (Wildman–Crippen MR) is 84.2 cm³/mol. The zero-order chi connectivity index (χ0) is 15.2. The van der Waals surface area contributed by atoms with Gasteiger partial charge in [0.2, 0.25) is 0 Å². The summed E-state index contributed by atoms with van der Waals surface area (Å²) >= 11 is 1.30. The molecule has 1 heterocycles. The van der Waals surface area contributed by atoms with Gasteiger partial charge < -0.3 is 5.32 Å². The van der Waals surface area contributed by atoms with E-state index in [-0.39, 0.29) is 6.54 Å². The second-order valence-corrected chi connectivity index (χ2v) is 8.13. The molecule has 0 aromatic carbocycles. The van der Waals surface area contributed by atoms with E-state index in [0.717, 1.165) is 11.3 Å². The second kappa shape index (κ2) is 7.79. The standard InChI is InChI=1S/C14H22N2O2S2/c1-5-9-16(10-6-2)20(17,18)14-8-7-13(19-14)11-15-12(3)4/h1,7-8,12,15H,6,9-11H2,2-4H3. The third-order valence-corrected chi connectivity index (χ3v) is 6.05. The van der Waals surface area contributed by atoms with Gasteiger partial charge in [0.05, 0.1) is 6.54 Å². The Morgan fingerprint density at radius 3 is 2.70 bits per heavy atom. The zero-order valence-electron chi connectivity index (χ0n) is 12.2. The lowest BCUT2D eigenvalue weighted by molar-refractivity contribution is 0.447. The van der Waals surface area contributed by atoms with Crippen molar-refractivity contribution >= 4 is 21.4 Å². The fourth-order valence-corrected chi connectivity index (χ4v) is 4.57. The van der Waals surface area contributed by atoms with Crippen LogP contribution in [0.4, 0.5) is 0 Å². The van der Waals surface area contributed by atoms with E-state index in [1.165, 1.54) is 15.6 Å². The van der Waals surface area contributed by atoms with Gasteiger partial charge in [-0.15, -0.1) is 17.8 Å². The van der Waals surface area contributed by atoms with Crippen LogP contribution < -0.4 is 5.32 Å². The maximum atomic E-state index is 12.5. The highest BCUT2D eigenvalue weighted by Crippen LogP contribution is 2.25. The molecule has 1 rings (SSSR count). The molecule has 0 bridgehead atoms. The molecule has 0 spiro atoms. The molecule has 0 aliphatic carbocycles. The summed E-state index contributed by atoms with van der Waals surface area (Å²) < 4.78 is 26.7. The van der Waals surface area contributed by atoms with Crippen LogP contribution in [0.5, 0.6) is 0 Å². The Labute approximate surface area is 126 Å². The van der Waals surface area contributed by atoms with E-state index in [1.807, 2.05) is 13.0 Å². The summed E-state index contributed by atoms with van der Waals surface area (Å²) in [5.41, 5.74) is 0. The van der Waals surface area contributed by atoms with Crippen LogP contribution in [-0.2, 0) is 16.6 Å². The molecule has 0 unspecified atom stereocenters. The average Bonchev–Trinajstić information content (AvgIpc) is 2.85. The quantitative estimate of drug-likeness (QED) is 0.749. The van der Waals surface area contributed by atoms with Crippen molar-refractivity contribution in [3.63, 3.8) is 0 Å². The number of rotatable bonds is 8. The van der Waals surface area contributed by atoms with Gasteiger partial charge in [0.1, 0.15) is 4.21 Å². The Morgan fingerprint density at radius 2 is 2.15 bits per heavy atom. The van der Waals surface area contributed by atoms with Crippen molar-refractivity contribution < 1.29 is 8.42 Å². The molecule has 0 saturated heterocycles. The Kier molecular flexibility index (Phi) is 6.69. The molecule has 0 fully saturated rings. The fourth-order valence-electron chi connectivity index (χ4n) is 1.66. The largest absolute Gasteiger partial charge is 0.310 e. The maximum Gasteiger partial charge on any atom is 0.253 e. The molecule has 1 N–H and O–H groups in total. The van der Waals surface area contributed by atoms with Crippen molar-refractivity contribution in [3.05, 3.63) is 17.0 Å². The highest BCUT2D eigenvalue weighted by Gasteiger charge is 2.24. The van der Waals surface area contributed by atoms with Gasteiger partial charge in [-0.1, -0.05) is 26.7 Å². The minimum absolute atomic E-state index is 0.119. The van der Waals surface area contributed by atoms with Gasteiger partial charge in [-0.3, -0.25) is 0 Å². The fraction of sp³-hybridized carbons (Fsp3) is 0.571. The first-order valence-corrected chi connectivity index (χ1v) is 8.93. The van der Waals surface area contributed by atoms with Crippen LogP contribution in [0.25, 0.3) is 0 Å². The van der Waals surface area contributed by atoms with E-state index in [2.05, 4.69) is 25.1 Å². The van der Waals surface area contributed by atoms with Crippen LogP contribution in [0.15, 0.2) is 16.3 Å². The van der Waals surface area contributed by atoms with Crippen LogP contribution in [-0.4, -0.2) is 31.9 Å². The summed E-state index contributed by atoms with van der Waals surface area (Å²) in [5.74, 6) is 2.41. The van der Waals surface area contributed by atoms with E-state index < -0.39 is 10.0 Å². The van der Waals surface area contributed by atoms with Crippen molar-refractivity contribution in [2.45, 2.75) is 44.0 Å². The highest BCUT2D eigenvalue weighted by molar-refractivity contribution is 7.91. The molecule has 0 saturated carbocycles. The van der Waals surface area contributed by atoms with Gasteiger partial charge in [0.25, 0.3) is 10.0 Å². The lowest BCUT2D eigenvalue weighted by atomic mass is 10.4. The molecular weight excluding hydrogens is 292 g/mol. The monoisotopic (exact) mass is 314 g/mol. The third kappa shape index (κ3) is 4.60. The van der Waals surface area contributed by atoms with Crippen molar-refractivity contribution in [2.24, 2.45) is 0 Å². The number of nitrogens with one attached hydrogen (secondary N) is 1. The Morgan fingerprint density at radius 1 is 1.45 bits per heavy atom. The first-order chi connectivity index (χ1) is 9.41. The molecule has 1 aromatic rings. The van der Waals surface area contributed by atoms with Crippen LogP contribution >= 0.6 is 11.3 Å². The first-order valence-electron chi connectivity index (χ1n) is 6.67. The maximum absolute atomic E-state index is 12.5.